The summed E-state index contributed by atoms with van der Waals surface area (Å²) in [6.45, 7) is -0.0764. The van der Waals surface area contributed by atoms with Crippen molar-refractivity contribution in [1.82, 2.24) is 4.98 Å². The summed E-state index contributed by atoms with van der Waals surface area (Å²) in [6, 6.07) is 1.94. The van der Waals surface area contributed by atoms with E-state index in [2.05, 4.69) is 4.98 Å². The Hall–Kier alpha value is -1.32. The largest absolute Gasteiger partial charge is 0.357 e. The Balaban J connectivity index is 2.20. The Morgan fingerprint density at radius 3 is 2.92 bits per heavy atom. The molecule has 0 saturated carbocycles. The number of aromatic nitrogens is 1. The molecule has 2 rings (SSSR count). The van der Waals surface area contributed by atoms with Crippen LogP contribution in [0.5, 0.6) is 0 Å². The molecule has 0 unspecified atom stereocenters. The van der Waals surface area contributed by atoms with Gasteiger partial charge in [-0.15, -0.1) is 0 Å². The van der Waals surface area contributed by atoms with Crippen molar-refractivity contribution in [1.29, 1.82) is 0 Å². The van der Waals surface area contributed by atoms with E-state index in [4.69, 9.17) is 0 Å². The minimum absolute atomic E-state index is 0.0764. The van der Waals surface area contributed by atoms with Gasteiger partial charge in [0.1, 0.15) is 0 Å². The molecule has 70 valence electrons. The molecule has 1 aromatic heterocycles. The van der Waals surface area contributed by atoms with Crippen molar-refractivity contribution >= 4 is 0 Å². The predicted octanol–water partition coefficient (Wildman–Crippen LogP) is 1.67. The van der Waals surface area contributed by atoms with Crippen LogP contribution >= 0.6 is 0 Å². The molecule has 4 nitrogen and oxygen atoms in total. The Labute approximate surface area is 76.1 Å². The average Bonchev–Trinajstić information content (AvgIpc) is 2.44. The van der Waals surface area contributed by atoms with E-state index in [-0.39, 0.29) is 11.5 Å². The molecule has 0 aliphatic heterocycles. The molecule has 1 N–H and O–H groups in total. The molecular formula is C9H12N2O2. The van der Waals surface area contributed by atoms with Crippen LogP contribution < -0.4 is 0 Å². The van der Waals surface area contributed by atoms with Crippen LogP contribution in [0.15, 0.2) is 6.07 Å². The molecule has 1 aromatic rings. The maximum absolute atomic E-state index is 10.3. The van der Waals surface area contributed by atoms with Crippen LogP contribution in [0.3, 0.4) is 0 Å². The van der Waals surface area contributed by atoms with Crippen molar-refractivity contribution in [2.24, 2.45) is 0 Å². The molecule has 0 atom stereocenters. The van der Waals surface area contributed by atoms with E-state index in [0.717, 1.165) is 18.5 Å². The molecule has 0 aromatic carbocycles. The smallest absolute Gasteiger partial charge is 0.243 e. The van der Waals surface area contributed by atoms with Crippen molar-refractivity contribution in [2.75, 3.05) is 0 Å². The molecule has 0 bridgehead atoms. The van der Waals surface area contributed by atoms with Crippen molar-refractivity contribution in [2.45, 2.75) is 32.2 Å². The topological polar surface area (TPSA) is 58.9 Å². The van der Waals surface area contributed by atoms with Gasteiger partial charge in [-0.2, -0.15) is 0 Å². The van der Waals surface area contributed by atoms with Crippen LogP contribution in [-0.4, -0.2) is 9.91 Å². The highest BCUT2D eigenvalue weighted by Gasteiger charge is 2.14. The third-order valence-electron chi connectivity index (χ3n) is 2.47. The molecule has 1 aliphatic carbocycles. The fraction of sp³-hybridized carbons (Fsp3) is 0.556. The summed E-state index contributed by atoms with van der Waals surface area (Å²) in [5.74, 6) is 0. The summed E-state index contributed by atoms with van der Waals surface area (Å²) in [6.07, 6.45) is 4.53. The quantitative estimate of drug-likeness (QED) is 0.556. The number of H-pyrrole nitrogens is 1. The van der Waals surface area contributed by atoms with E-state index in [9.17, 15) is 10.1 Å². The van der Waals surface area contributed by atoms with Crippen LogP contribution in [0, 0.1) is 10.1 Å². The maximum atomic E-state index is 10.3. The Kier molecular flexibility index (Phi) is 2.04. The molecular weight excluding hydrogens is 168 g/mol. The average molecular weight is 180 g/mol. The maximum Gasteiger partial charge on any atom is 0.243 e. The van der Waals surface area contributed by atoms with E-state index in [1.165, 1.54) is 24.1 Å². The minimum atomic E-state index is -0.294. The lowest BCUT2D eigenvalue weighted by Crippen LogP contribution is -2.00. The van der Waals surface area contributed by atoms with Gasteiger partial charge in [0.25, 0.3) is 0 Å². The highest BCUT2D eigenvalue weighted by Crippen LogP contribution is 2.21. The molecule has 4 heteroatoms. The Morgan fingerprint density at radius 2 is 2.23 bits per heavy atom. The van der Waals surface area contributed by atoms with E-state index < -0.39 is 0 Å². The normalized spacial score (nSPS) is 15.4. The van der Waals surface area contributed by atoms with E-state index >= 15 is 0 Å². The second-order valence-electron chi connectivity index (χ2n) is 3.50. The zero-order valence-electron chi connectivity index (χ0n) is 7.38. The van der Waals surface area contributed by atoms with Gasteiger partial charge in [-0.1, -0.05) is 0 Å². The van der Waals surface area contributed by atoms with Crippen LogP contribution in [0.4, 0.5) is 0 Å². The van der Waals surface area contributed by atoms with Gasteiger partial charge in [-0.05, 0) is 37.3 Å². The van der Waals surface area contributed by atoms with Gasteiger partial charge in [0, 0.05) is 10.6 Å². The van der Waals surface area contributed by atoms with Crippen LogP contribution in [0.2, 0.25) is 0 Å². The molecule has 0 fully saturated rings. The third-order valence-corrected chi connectivity index (χ3v) is 2.47. The fourth-order valence-electron chi connectivity index (χ4n) is 1.90. The lowest BCUT2D eigenvalue weighted by molar-refractivity contribution is -0.497. The fourth-order valence-corrected chi connectivity index (χ4v) is 1.90. The van der Waals surface area contributed by atoms with E-state index in [1.807, 2.05) is 6.07 Å². The standard InChI is InChI=1S/C9H12N2O2/c12-11(13)6-8-5-7-3-1-2-4-9(7)10-8/h5,10H,1-4,6H2. The summed E-state index contributed by atoms with van der Waals surface area (Å²) >= 11 is 0. The lowest BCUT2D eigenvalue weighted by Gasteiger charge is -2.08. The van der Waals surface area contributed by atoms with Gasteiger partial charge in [0.15, 0.2) is 0 Å². The summed E-state index contributed by atoms with van der Waals surface area (Å²) in [5.41, 5.74) is 3.24. The van der Waals surface area contributed by atoms with Gasteiger partial charge in [0.05, 0.1) is 5.69 Å². The van der Waals surface area contributed by atoms with E-state index in [1.54, 1.807) is 0 Å². The number of nitrogens with one attached hydrogen (secondary N) is 1. The minimum Gasteiger partial charge on any atom is -0.357 e. The first-order valence-electron chi connectivity index (χ1n) is 4.57. The number of hydrogen-bond donors (Lipinski definition) is 1. The Morgan fingerprint density at radius 1 is 1.46 bits per heavy atom. The van der Waals surface area contributed by atoms with Crippen molar-refractivity contribution in [3.63, 3.8) is 0 Å². The molecule has 0 saturated heterocycles. The summed E-state index contributed by atoms with van der Waals surface area (Å²) in [5, 5.41) is 10.3. The number of nitrogens with zero attached hydrogens (tertiary/aromatic N) is 1. The van der Waals surface area contributed by atoms with Gasteiger partial charge >= 0.3 is 0 Å². The number of fused-ring (bicyclic) bond motifs is 1. The highest BCUT2D eigenvalue weighted by atomic mass is 16.6. The number of aryl methyl sites for hydroxylation is 2. The number of aromatic amines is 1. The number of rotatable bonds is 2. The molecule has 1 heterocycles. The first kappa shape index (κ1) is 8.29. The molecule has 0 amide bonds. The summed E-state index contributed by atoms with van der Waals surface area (Å²) < 4.78 is 0. The van der Waals surface area contributed by atoms with Gasteiger partial charge < -0.3 is 4.98 Å². The molecule has 13 heavy (non-hydrogen) atoms. The zero-order chi connectivity index (χ0) is 9.26. The molecule has 0 radical (unpaired) electrons. The van der Waals surface area contributed by atoms with Crippen molar-refractivity contribution in [3.8, 4) is 0 Å². The second-order valence-corrected chi connectivity index (χ2v) is 3.50. The summed E-state index contributed by atoms with van der Waals surface area (Å²) in [7, 11) is 0. The van der Waals surface area contributed by atoms with Gasteiger partial charge in [-0.25, -0.2) is 0 Å². The molecule has 0 spiro atoms. The SMILES string of the molecule is O=[N+]([O-])Cc1cc2c([nH]1)CCCC2. The number of hydrogen-bond acceptors (Lipinski definition) is 2. The van der Waals surface area contributed by atoms with Gasteiger partial charge in [-0.3, -0.25) is 10.1 Å². The van der Waals surface area contributed by atoms with Crippen LogP contribution in [-0.2, 0) is 19.4 Å². The van der Waals surface area contributed by atoms with E-state index in [0.29, 0.717) is 0 Å². The van der Waals surface area contributed by atoms with Crippen molar-refractivity contribution < 1.29 is 4.92 Å². The first-order chi connectivity index (χ1) is 6.25. The van der Waals surface area contributed by atoms with Gasteiger partial charge in [0.2, 0.25) is 6.54 Å². The lowest BCUT2D eigenvalue weighted by atomic mass is 9.98. The first-order valence-corrected chi connectivity index (χ1v) is 4.57. The van der Waals surface area contributed by atoms with Crippen LogP contribution in [0.1, 0.15) is 29.8 Å². The number of nitro groups is 1. The highest BCUT2D eigenvalue weighted by molar-refractivity contribution is 5.27. The second kappa shape index (κ2) is 3.20. The predicted molar refractivity (Wildman–Crippen MR) is 48.1 cm³/mol. The summed E-state index contributed by atoms with van der Waals surface area (Å²) in [4.78, 5) is 13.1. The van der Waals surface area contributed by atoms with Crippen molar-refractivity contribution in [3.05, 3.63) is 33.1 Å². The Bertz CT molecular complexity index is 307. The molecule has 1 aliphatic rings. The third kappa shape index (κ3) is 1.71. The van der Waals surface area contributed by atoms with Crippen LogP contribution in [0.25, 0.3) is 0 Å². The zero-order valence-corrected chi connectivity index (χ0v) is 7.38. The monoisotopic (exact) mass is 180 g/mol.